The van der Waals surface area contributed by atoms with Crippen LogP contribution in [0.3, 0.4) is 0 Å². The molecule has 0 aromatic carbocycles. The topological polar surface area (TPSA) is 60.0 Å². The lowest BCUT2D eigenvalue weighted by atomic mass is 10.2. The fraction of sp³-hybridized carbons (Fsp3) is 0.333. The smallest absolute Gasteiger partial charge is 0.352 e. The van der Waals surface area contributed by atoms with Crippen LogP contribution in [-0.4, -0.2) is 25.4 Å². The highest BCUT2D eigenvalue weighted by atomic mass is 35.5. The molecule has 0 bridgehead atoms. The molecule has 0 aliphatic rings. The second-order valence-electron chi connectivity index (χ2n) is 4.26. The van der Waals surface area contributed by atoms with E-state index in [4.69, 9.17) is 11.6 Å². The van der Waals surface area contributed by atoms with Crippen LogP contribution >= 0.6 is 11.6 Å². The van der Waals surface area contributed by atoms with E-state index in [9.17, 15) is 9.90 Å². The molecule has 0 spiro atoms. The first kappa shape index (κ1) is 12.7. The molecule has 0 saturated heterocycles. The molecule has 0 radical (unpaired) electrons. The van der Waals surface area contributed by atoms with Crippen LogP contribution in [0, 0.1) is 13.8 Å². The monoisotopic (exact) mass is 267 g/mol. The van der Waals surface area contributed by atoms with Gasteiger partial charge in [0.15, 0.2) is 0 Å². The fourth-order valence-electron chi connectivity index (χ4n) is 2.03. The van der Waals surface area contributed by atoms with E-state index in [-0.39, 0.29) is 5.69 Å². The van der Waals surface area contributed by atoms with Crippen molar-refractivity contribution in [3.63, 3.8) is 0 Å². The molecule has 0 aliphatic heterocycles. The number of rotatable bonds is 3. The first-order valence-electron chi connectivity index (χ1n) is 5.48. The molecule has 18 heavy (non-hydrogen) atoms. The van der Waals surface area contributed by atoms with Gasteiger partial charge >= 0.3 is 5.97 Å². The van der Waals surface area contributed by atoms with E-state index in [0.717, 1.165) is 16.8 Å². The van der Waals surface area contributed by atoms with Gasteiger partial charge < -0.3 is 9.67 Å². The Morgan fingerprint density at radius 1 is 1.50 bits per heavy atom. The quantitative estimate of drug-likeness (QED) is 0.928. The highest BCUT2D eigenvalue weighted by Crippen LogP contribution is 2.21. The van der Waals surface area contributed by atoms with Gasteiger partial charge in [0.2, 0.25) is 0 Å². The number of hydrogen-bond acceptors (Lipinski definition) is 2. The summed E-state index contributed by atoms with van der Waals surface area (Å²) in [6.07, 6.45) is 1.75. The molecule has 0 unspecified atom stereocenters. The third-order valence-corrected chi connectivity index (χ3v) is 3.44. The molecular weight excluding hydrogens is 254 g/mol. The average Bonchev–Trinajstić information content (AvgIpc) is 2.75. The minimum Gasteiger partial charge on any atom is -0.477 e. The van der Waals surface area contributed by atoms with Crippen molar-refractivity contribution in [3.8, 4) is 0 Å². The Morgan fingerprint density at radius 2 is 2.17 bits per heavy atom. The highest BCUT2D eigenvalue weighted by molar-refractivity contribution is 6.30. The summed E-state index contributed by atoms with van der Waals surface area (Å²) in [7, 11) is 1.76. The van der Waals surface area contributed by atoms with Gasteiger partial charge in [-0.05, 0) is 25.5 Å². The van der Waals surface area contributed by atoms with Gasteiger partial charge in [0.1, 0.15) is 10.8 Å². The summed E-state index contributed by atoms with van der Waals surface area (Å²) in [4.78, 5) is 11.2. The summed E-state index contributed by atoms with van der Waals surface area (Å²) in [5.74, 6) is -0.935. The molecule has 96 valence electrons. The van der Waals surface area contributed by atoms with Crippen LogP contribution in [0.1, 0.15) is 27.3 Å². The normalized spacial score (nSPS) is 10.9. The standard InChI is InChI=1S/C12H14ClN3O2/c1-7-4-5-16(10(7)12(17)18)6-9-8(2)14-15(3)11(9)13/h4-5H,6H2,1-3H3,(H,17,18). The zero-order valence-electron chi connectivity index (χ0n) is 10.4. The highest BCUT2D eigenvalue weighted by Gasteiger charge is 2.17. The molecule has 0 amide bonds. The SMILES string of the molecule is Cc1ccn(Cc2c(C)nn(C)c2Cl)c1C(=O)O. The summed E-state index contributed by atoms with van der Waals surface area (Å²) in [5.41, 5.74) is 2.68. The molecule has 0 saturated carbocycles. The van der Waals surface area contributed by atoms with Crippen molar-refractivity contribution in [2.24, 2.45) is 7.05 Å². The molecule has 0 fully saturated rings. The molecule has 0 aliphatic carbocycles. The zero-order valence-corrected chi connectivity index (χ0v) is 11.2. The largest absolute Gasteiger partial charge is 0.477 e. The third kappa shape index (κ3) is 2.01. The molecule has 1 N–H and O–H groups in total. The summed E-state index contributed by atoms with van der Waals surface area (Å²) in [6.45, 7) is 4.05. The van der Waals surface area contributed by atoms with Crippen LogP contribution < -0.4 is 0 Å². The van der Waals surface area contributed by atoms with Crippen LogP contribution in [0.5, 0.6) is 0 Å². The lowest BCUT2D eigenvalue weighted by Gasteiger charge is -2.07. The second kappa shape index (κ2) is 4.49. The van der Waals surface area contributed by atoms with Crippen LogP contribution in [0.2, 0.25) is 5.15 Å². The first-order chi connectivity index (χ1) is 8.41. The van der Waals surface area contributed by atoms with E-state index in [1.807, 2.05) is 6.92 Å². The number of aromatic nitrogens is 3. The van der Waals surface area contributed by atoms with Gasteiger partial charge in [-0.2, -0.15) is 5.10 Å². The Labute approximate surface area is 110 Å². The van der Waals surface area contributed by atoms with Crippen LogP contribution in [-0.2, 0) is 13.6 Å². The maximum atomic E-state index is 11.2. The predicted octanol–water partition coefficient (Wildman–Crippen LogP) is 2.24. The molecule has 2 aromatic rings. The second-order valence-corrected chi connectivity index (χ2v) is 4.62. The Hall–Kier alpha value is -1.75. The third-order valence-electron chi connectivity index (χ3n) is 2.97. The lowest BCUT2D eigenvalue weighted by molar-refractivity contribution is 0.0685. The zero-order chi connectivity index (χ0) is 13.4. The minimum absolute atomic E-state index is 0.286. The Balaban J connectivity index is 2.43. The number of aryl methyl sites for hydroxylation is 3. The maximum absolute atomic E-state index is 11.2. The van der Waals surface area contributed by atoms with E-state index in [1.54, 1.807) is 35.5 Å². The molecule has 2 aromatic heterocycles. The van der Waals surface area contributed by atoms with Crippen LogP contribution in [0.15, 0.2) is 12.3 Å². The molecule has 6 heteroatoms. The van der Waals surface area contributed by atoms with Gasteiger partial charge in [-0.1, -0.05) is 11.6 Å². The molecule has 0 atom stereocenters. The van der Waals surface area contributed by atoms with Gasteiger partial charge in [0.05, 0.1) is 12.2 Å². The van der Waals surface area contributed by atoms with Crippen molar-refractivity contribution in [3.05, 3.63) is 39.9 Å². The maximum Gasteiger partial charge on any atom is 0.352 e. The summed E-state index contributed by atoms with van der Waals surface area (Å²) in [5, 5.41) is 13.9. The van der Waals surface area contributed by atoms with Crippen molar-refractivity contribution in [1.82, 2.24) is 14.3 Å². The number of carbonyl (C=O) groups is 1. The van der Waals surface area contributed by atoms with Crippen LogP contribution in [0.4, 0.5) is 0 Å². The number of nitrogens with zero attached hydrogens (tertiary/aromatic N) is 3. The number of hydrogen-bond donors (Lipinski definition) is 1. The first-order valence-corrected chi connectivity index (χ1v) is 5.86. The minimum atomic E-state index is -0.935. The summed E-state index contributed by atoms with van der Waals surface area (Å²) >= 11 is 6.14. The van der Waals surface area contributed by atoms with Gasteiger partial charge in [-0.3, -0.25) is 4.68 Å². The lowest BCUT2D eigenvalue weighted by Crippen LogP contribution is -2.10. The van der Waals surface area contributed by atoms with Crippen LogP contribution in [0.25, 0.3) is 0 Å². The van der Waals surface area contributed by atoms with Gasteiger partial charge in [0.25, 0.3) is 0 Å². The molecule has 5 nitrogen and oxygen atoms in total. The summed E-state index contributed by atoms with van der Waals surface area (Å²) < 4.78 is 3.26. The van der Waals surface area contributed by atoms with Crippen molar-refractivity contribution >= 4 is 17.6 Å². The number of carboxylic acid groups (broad SMARTS) is 1. The fourth-order valence-corrected chi connectivity index (χ4v) is 2.26. The van der Waals surface area contributed by atoms with E-state index in [0.29, 0.717) is 11.7 Å². The van der Waals surface area contributed by atoms with Crippen molar-refractivity contribution < 1.29 is 9.90 Å². The number of aromatic carboxylic acids is 1. The van der Waals surface area contributed by atoms with Gasteiger partial charge in [0, 0.05) is 18.8 Å². The van der Waals surface area contributed by atoms with Crippen molar-refractivity contribution in [2.45, 2.75) is 20.4 Å². The van der Waals surface area contributed by atoms with E-state index >= 15 is 0 Å². The van der Waals surface area contributed by atoms with Gasteiger partial charge in [-0.15, -0.1) is 0 Å². The molecule has 2 rings (SSSR count). The van der Waals surface area contributed by atoms with E-state index in [2.05, 4.69) is 5.10 Å². The molecule has 2 heterocycles. The van der Waals surface area contributed by atoms with E-state index in [1.165, 1.54) is 0 Å². The number of halogens is 1. The van der Waals surface area contributed by atoms with Crippen molar-refractivity contribution in [1.29, 1.82) is 0 Å². The summed E-state index contributed by atoms with van der Waals surface area (Å²) in [6, 6.07) is 1.78. The predicted molar refractivity (Wildman–Crippen MR) is 68.2 cm³/mol. The van der Waals surface area contributed by atoms with E-state index < -0.39 is 5.97 Å². The average molecular weight is 268 g/mol. The molecular formula is C12H14ClN3O2. The Kier molecular flexibility index (Phi) is 3.17. The number of carboxylic acids is 1. The van der Waals surface area contributed by atoms with Crippen molar-refractivity contribution in [2.75, 3.05) is 0 Å². The van der Waals surface area contributed by atoms with Gasteiger partial charge in [-0.25, -0.2) is 4.79 Å². The Morgan fingerprint density at radius 3 is 2.67 bits per heavy atom. The Bertz CT molecular complexity index is 613.